The number of fused-ring (bicyclic) bond motifs is 4. The van der Waals surface area contributed by atoms with Gasteiger partial charge in [0.05, 0.1) is 0 Å². The highest BCUT2D eigenvalue weighted by Gasteiger charge is 2.18. The maximum Gasteiger partial charge on any atom is 0.150 e. The monoisotopic (exact) mass is 534 g/mol. The third-order valence-electron chi connectivity index (χ3n) is 8.46. The van der Waals surface area contributed by atoms with Gasteiger partial charge in [-0.25, -0.2) is 0 Å². The fourth-order valence-corrected chi connectivity index (χ4v) is 6.46. The lowest BCUT2D eigenvalue weighted by Crippen LogP contribution is -1.92. The maximum absolute atomic E-state index is 11.6. The minimum Gasteiger partial charge on any atom is -0.298 e. The molecule has 0 radical (unpaired) electrons. The second kappa shape index (κ2) is 9.83. The molecule has 0 N–H and O–H groups in total. The van der Waals surface area contributed by atoms with Crippen molar-refractivity contribution in [1.82, 2.24) is 0 Å². The highest BCUT2D eigenvalue weighted by Crippen LogP contribution is 2.45. The molecule has 0 bridgehead atoms. The van der Waals surface area contributed by atoms with Gasteiger partial charge in [0, 0.05) is 5.56 Å². The molecule has 0 fully saturated rings. The number of hydrogen-bond donors (Lipinski definition) is 0. The van der Waals surface area contributed by atoms with Gasteiger partial charge in [0.1, 0.15) is 6.29 Å². The number of aldehydes is 1. The van der Waals surface area contributed by atoms with Gasteiger partial charge >= 0.3 is 0 Å². The molecule has 0 atom stereocenters. The molecule has 0 aliphatic heterocycles. The van der Waals surface area contributed by atoms with Gasteiger partial charge in [-0.15, -0.1) is 0 Å². The third-order valence-corrected chi connectivity index (χ3v) is 8.46. The SMILES string of the molecule is O=Cc1cccc(-c2ccc3c(-c4ccc5ccccc5c4)c4ccccc4c(-c4ccc5ccccc5c4)c3c2)c1. The van der Waals surface area contributed by atoms with E-state index in [1.165, 1.54) is 65.3 Å². The zero-order valence-corrected chi connectivity index (χ0v) is 22.9. The average molecular weight is 535 g/mol. The van der Waals surface area contributed by atoms with Gasteiger partial charge in [-0.3, -0.25) is 4.79 Å². The molecule has 42 heavy (non-hydrogen) atoms. The Kier molecular flexibility index (Phi) is 5.68. The van der Waals surface area contributed by atoms with Crippen LogP contribution in [0.5, 0.6) is 0 Å². The summed E-state index contributed by atoms with van der Waals surface area (Å²) in [5.74, 6) is 0. The summed E-state index contributed by atoms with van der Waals surface area (Å²) in [6.07, 6.45) is 0.913. The van der Waals surface area contributed by atoms with Crippen LogP contribution in [0.1, 0.15) is 10.4 Å². The van der Waals surface area contributed by atoms with Gasteiger partial charge in [-0.1, -0.05) is 127 Å². The number of carbonyl (C=O) groups excluding carboxylic acids is 1. The highest BCUT2D eigenvalue weighted by atomic mass is 16.1. The largest absolute Gasteiger partial charge is 0.298 e. The van der Waals surface area contributed by atoms with Crippen molar-refractivity contribution < 1.29 is 4.79 Å². The van der Waals surface area contributed by atoms with Crippen LogP contribution >= 0.6 is 0 Å². The Bertz CT molecular complexity index is 2330. The molecule has 0 amide bonds. The van der Waals surface area contributed by atoms with E-state index in [9.17, 15) is 4.79 Å². The number of carbonyl (C=O) groups is 1. The standard InChI is InChI=1S/C41H26O/c42-26-27-8-7-13-30(22-27)33-20-21-38-39(25-33)41(35-19-17-29-10-2-4-12-32(29)24-35)37-15-6-5-14-36(37)40(38)34-18-16-28-9-1-3-11-31(28)23-34/h1-26H. The van der Waals surface area contributed by atoms with Gasteiger partial charge in [-0.2, -0.15) is 0 Å². The minimum absolute atomic E-state index is 0.678. The van der Waals surface area contributed by atoms with Crippen LogP contribution in [-0.2, 0) is 0 Å². The Balaban J connectivity index is 1.50. The first-order valence-corrected chi connectivity index (χ1v) is 14.3. The molecule has 0 aromatic heterocycles. The molecule has 8 rings (SSSR count). The molecule has 0 unspecified atom stereocenters. The Morgan fingerprint density at radius 1 is 0.333 bits per heavy atom. The van der Waals surface area contributed by atoms with Crippen molar-refractivity contribution >= 4 is 49.4 Å². The first-order valence-electron chi connectivity index (χ1n) is 14.3. The fraction of sp³-hybridized carbons (Fsp3) is 0. The fourth-order valence-electron chi connectivity index (χ4n) is 6.46. The first kappa shape index (κ1) is 24.3. The summed E-state index contributed by atoms with van der Waals surface area (Å²) in [5.41, 5.74) is 7.67. The van der Waals surface area contributed by atoms with E-state index in [0.717, 1.165) is 17.4 Å². The second-order valence-corrected chi connectivity index (χ2v) is 10.9. The van der Waals surface area contributed by atoms with Gasteiger partial charge in [-0.05, 0) is 101 Å². The quantitative estimate of drug-likeness (QED) is 0.162. The van der Waals surface area contributed by atoms with Crippen molar-refractivity contribution in [3.05, 3.63) is 157 Å². The van der Waals surface area contributed by atoms with E-state index in [2.05, 4.69) is 133 Å². The molecule has 8 aromatic carbocycles. The van der Waals surface area contributed by atoms with Crippen LogP contribution in [0.15, 0.2) is 152 Å². The predicted molar refractivity (Wildman–Crippen MR) is 178 cm³/mol. The van der Waals surface area contributed by atoms with Gasteiger partial charge in [0.2, 0.25) is 0 Å². The molecule has 0 saturated heterocycles. The van der Waals surface area contributed by atoms with Crippen LogP contribution in [0.25, 0.3) is 76.5 Å². The molecule has 8 aromatic rings. The van der Waals surface area contributed by atoms with Crippen molar-refractivity contribution in [2.24, 2.45) is 0 Å². The van der Waals surface area contributed by atoms with E-state index in [4.69, 9.17) is 0 Å². The molecular formula is C41H26O. The molecule has 0 aliphatic rings. The summed E-state index contributed by atoms with van der Waals surface area (Å²) in [4.78, 5) is 11.6. The van der Waals surface area contributed by atoms with Crippen LogP contribution in [-0.4, -0.2) is 6.29 Å². The summed E-state index contributed by atoms with van der Waals surface area (Å²) < 4.78 is 0. The lowest BCUT2D eigenvalue weighted by Gasteiger charge is -2.19. The minimum atomic E-state index is 0.678. The van der Waals surface area contributed by atoms with Crippen LogP contribution < -0.4 is 0 Å². The Hall–Kier alpha value is -5.53. The zero-order chi connectivity index (χ0) is 28.0. The second-order valence-electron chi connectivity index (χ2n) is 10.9. The molecular weight excluding hydrogens is 508 g/mol. The normalized spacial score (nSPS) is 11.4. The summed E-state index contributed by atoms with van der Waals surface area (Å²) in [6, 6.07) is 54.0. The molecule has 196 valence electrons. The smallest absolute Gasteiger partial charge is 0.150 e. The highest BCUT2D eigenvalue weighted by molar-refractivity contribution is 6.22. The van der Waals surface area contributed by atoms with Crippen molar-refractivity contribution in [2.45, 2.75) is 0 Å². The van der Waals surface area contributed by atoms with E-state index in [1.54, 1.807) is 0 Å². The Labute approximate surface area is 244 Å². The Morgan fingerprint density at radius 2 is 0.833 bits per heavy atom. The van der Waals surface area contributed by atoms with E-state index < -0.39 is 0 Å². The molecule has 0 aliphatic carbocycles. The summed E-state index contributed by atoms with van der Waals surface area (Å²) in [6.45, 7) is 0. The van der Waals surface area contributed by atoms with Gasteiger partial charge < -0.3 is 0 Å². The lowest BCUT2D eigenvalue weighted by molar-refractivity contribution is 0.112. The first-order chi connectivity index (χ1) is 20.8. The molecule has 0 heterocycles. The average Bonchev–Trinajstić information content (AvgIpc) is 3.06. The van der Waals surface area contributed by atoms with Crippen molar-refractivity contribution in [3.63, 3.8) is 0 Å². The van der Waals surface area contributed by atoms with Crippen molar-refractivity contribution in [2.75, 3.05) is 0 Å². The molecule has 1 nitrogen and oxygen atoms in total. The van der Waals surface area contributed by atoms with Crippen LogP contribution in [0.2, 0.25) is 0 Å². The van der Waals surface area contributed by atoms with Crippen LogP contribution in [0.3, 0.4) is 0 Å². The summed E-state index contributed by atoms with van der Waals surface area (Å²) in [7, 11) is 0. The van der Waals surface area contributed by atoms with Crippen LogP contribution in [0, 0.1) is 0 Å². The topological polar surface area (TPSA) is 17.1 Å². The van der Waals surface area contributed by atoms with Gasteiger partial charge in [0.25, 0.3) is 0 Å². The zero-order valence-electron chi connectivity index (χ0n) is 22.9. The van der Waals surface area contributed by atoms with Crippen LogP contribution in [0.4, 0.5) is 0 Å². The lowest BCUT2D eigenvalue weighted by atomic mass is 9.84. The molecule has 0 saturated carbocycles. The Morgan fingerprint density at radius 3 is 1.45 bits per heavy atom. The summed E-state index contributed by atoms with van der Waals surface area (Å²) >= 11 is 0. The number of rotatable bonds is 4. The van der Waals surface area contributed by atoms with E-state index in [-0.39, 0.29) is 0 Å². The number of hydrogen-bond acceptors (Lipinski definition) is 1. The van der Waals surface area contributed by atoms with Crippen molar-refractivity contribution in [3.8, 4) is 33.4 Å². The van der Waals surface area contributed by atoms with E-state index in [0.29, 0.717) is 5.56 Å². The number of benzene rings is 8. The van der Waals surface area contributed by atoms with Gasteiger partial charge in [0.15, 0.2) is 0 Å². The predicted octanol–water partition coefficient (Wildman–Crippen LogP) is 11.1. The molecule has 0 spiro atoms. The van der Waals surface area contributed by atoms with E-state index >= 15 is 0 Å². The molecule has 1 heteroatoms. The summed E-state index contributed by atoms with van der Waals surface area (Å²) in [5, 5.41) is 9.78. The van der Waals surface area contributed by atoms with Crippen molar-refractivity contribution in [1.29, 1.82) is 0 Å². The third kappa shape index (κ3) is 3.98. The maximum atomic E-state index is 11.6. The van der Waals surface area contributed by atoms with E-state index in [1.807, 2.05) is 18.2 Å².